The van der Waals surface area contributed by atoms with Crippen LogP contribution in [0.2, 0.25) is 5.02 Å². The van der Waals surface area contributed by atoms with Crippen LogP contribution in [0, 0.1) is 11.8 Å². The first-order valence-corrected chi connectivity index (χ1v) is 16.8. The zero-order valence-electron chi connectivity index (χ0n) is 25.8. The fourth-order valence-electron chi connectivity index (χ4n) is 7.15. The Labute approximate surface area is 257 Å². The van der Waals surface area contributed by atoms with Gasteiger partial charge in [-0.1, -0.05) is 37.8 Å². The number of rotatable bonds is 12. The van der Waals surface area contributed by atoms with E-state index in [0.29, 0.717) is 36.1 Å². The van der Waals surface area contributed by atoms with E-state index in [4.69, 9.17) is 11.6 Å². The minimum Gasteiger partial charge on any atom is -0.307 e. The molecule has 0 atom stereocenters. The molecule has 5 rings (SSSR count). The second-order valence-electron chi connectivity index (χ2n) is 12.9. The fourth-order valence-corrected chi connectivity index (χ4v) is 7.34. The Morgan fingerprint density at radius 3 is 2.40 bits per heavy atom. The Kier molecular flexibility index (Phi) is 11.1. The van der Waals surface area contributed by atoms with Gasteiger partial charge in [0.25, 0.3) is 0 Å². The van der Waals surface area contributed by atoms with Crippen molar-refractivity contribution < 1.29 is 9.59 Å². The van der Waals surface area contributed by atoms with Crippen molar-refractivity contribution in [2.24, 2.45) is 18.9 Å². The molecule has 2 aliphatic heterocycles. The van der Waals surface area contributed by atoms with Gasteiger partial charge in [0.2, 0.25) is 5.91 Å². The molecule has 230 valence electrons. The van der Waals surface area contributed by atoms with Gasteiger partial charge < -0.3 is 14.7 Å². The maximum Gasteiger partial charge on any atom is 0.230 e. The molecule has 1 saturated heterocycles. The van der Waals surface area contributed by atoms with Crippen molar-refractivity contribution in [1.82, 2.24) is 19.6 Å². The second-order valence-corrected chi connectivity index (χ2v) is 13.3. The van der Waals surface area contributed by atoms with E-state index in [2.05, 4.69) is 21.8 Å². The summed E-state index contributed by atoms with van der Waals surface area (Å²) in [6, 6.07) is 5.88. The maximum absolute atomic E-state index is 13.9. The van der Waals surface area contributed by atoms with Crippen LogP contribution in [0.1, 0.15) is 94.4 Å². The number of nitrogens with zero attached hydrogens (tertiary/aromatic N) is 5. The van der Waals surface area contributed by atoms with Gasteiger partial charge in [0.1, 0.15) is 5.78 Å². The number of benzene rings is 1. The normalized spacial score (nSPS) is 21.5. The van der Waals surface area contributed by atoms with Gasteiger partial charge in [-0.05, 0) is 74.8 Å². The number of carbonyl (C=O) groups is 2. The summed E-state index contributed by atoms with van der Waals surface area (Å²) in [5.41, 5.74) is 4.30. The molecular weight excluding hydrogens is 546 g/mol. The topological polar surface area (TPSA) is 61.7 Å². The fraction of sp³-hybridized carbons (Fsp3) is 0.676. The van der Waals surface area contributed by atoms with Crippen molar-refractivity contribution >= 4 is 29.0 Å². The Balaban J connectivity index is 1.03. The van der Waals surface area contributed by atoms with Crippen molar-refractivity contribution in [1.29, 1.82) is 0 Å². The molecule has 0 N–H and O–H groups in total. The number of hydrogen-bond donors (Lipinski definition) is 0. The summed E-state index contributed by atoms with van der Waals surface area (Å²) < 4.78 is 1.91. The Bertz CT molecular complexity index is 1200. The van der Waals surface area contributed by atoms with Crippen molar-refractivity contribution in [2.45, 2.75) is 90.5 Å². The van der Waals surface area contributed by atoms with Gasteiger partial charge in [-0.15, -0.1) is 0 Å². The summed E-state index contributed by atoms with van der Waals surface area (Å²) in [5.74, 6) is 1.20. The lowest BCUT2D eigenvalue weighted by molar-refractivity contribution is -0.124. The first-order valence-electron chi connectivity index (χ1n) is 16.5. The minimum atomic E-state index is 0.0315. The van der Waals surface area contributed by atoms with E-state index in [9.17, 15) is 9.59 Å². The van der Waals surface area contributed by atoms with Crippen molar-refractivity contribution in [3.05, 3.63) is 46.2 Å². The maximum atomic E-state index is 13.9. The molecule has 0 bridgehead atoms. The Hall–Kier alpha value is -2.22. The van der Waals surface area contributed by atoms with Crippen LogP contribution in [-0.4, -0.2) is 70.5 Å². The number of Topliss-reactive ketones (excluding diaryl/α,β-unsaturated/α-hetero) is 1. The number of ketones is 1. The van der Waals surface area contributed by atoms with E-state index < -0.39 is 0 Å². The molecule has 1 amide bonds. The molecule has 1 saturated carbocycles. The summed E-state index contributed by atoms with van der Waals surface area (Å²) >= 11 is 6.35. The van der Waals surface area contributed by atoms with Crippen LogP contribution in [0.25, 0.3) is 0 Å². The molecule has 7 nitrogen and oxygen atoms in total. The number of aromatic nitrogens is 2. The standard InChI is InChI=1S/C34H50ClN5O2/c1-3-4-5-6-16-38-18-20-39(21-19-38)17-15-31(41)13-9-26-7-10-27(11-8-26)34(42)40-25-29-24-36-37(2)33(29)23-28-22-30(35)12-14-32(28)40/h12,14,22,24,26-27H,3-11,13,15-21,23,25H2,1-2H3. The predicted octanol–water partition coefficient (Wildman–Crippen LogP) is 6.25. The second kappa shape index (κ2) is 15.0. The molecule has 3 aliphatic rings. The van der Waals surface area contributed by atoms with Gasteiger partial charge in [0, 0.05) is 86.9 Å². The number of anilines is 1. The van der Waals surface area contributed by atoms with Gasteiger partial charge in [-0.3, -0.25) is 14.3 Å². The van der Waals surface area contributed by atoms with E-state index >= 15 is 0 Å². The zero-order valence-corrected chi connectivity index (χ0v) is 26.6. The molecular formula is C34H50ClN5O2. The highest BCUT2D eigenvalue weighted by Gasteiger charge is 2.33. The molecule has 2 fully saturated rings. The third kappa shape index (κ3) is 8.03. The van der Waals surface area contributed by atoms with Gasteiger partial charge in [-0.25, -0.2) is 0 Å². The zero-order chi connectivity index (χ0) is 29.5. The lowest BCUT2D eigenvalue weighted by atomic mass is 9.79. The minimum absolute atomic E-state index is 0.0315. The lowest BCUT2D eigenvalue weighted by Gasteiger charge is -2.34. The van der Waals surface area contributed by atoms with E-state index in [-0.39, 0.29) is 11.8 Å². The van der Waals surface area contributed by atoms with Gasteiger partial charge >= 0.3 is 0 Å². The smallest absolute Gasteiger partial charge is 0.230 e. The summed E-state index contributed by atoms with van der Waals surface area (Å²) in [7, 11) is 1.96. The number of halogens is 1. The van der Waals surface area contributed by atoms with Gasteiger partial charge in [-0.2, -0.15) is 5.10 Å². The third-order valence-electron chi connectivity index (χ3n) is 9.96. The third-order valence-corrected chi connectivity index (χ3v) is 10.2. The monoisotopic (exact) mass is 595 g/mol. The summed E-state index contributed by atoms with van der Waals surface area (Å²) in [4.78, 5) is 33.7. The van der Waals surface area contributed by atoms with Gasteiger partial charge in [0.05, 0.1) is 12.7 Å². The SMILES string of the molecule is CCCCCCN1CCN(CCC(=O)CCC2CCC(C(=O)N3Cc4cnn(C)c4Cc4cc(Cl)ccc43)CC2)CC1. The highest BCUT2D eigenvalue weighted by molar-refractivity contribution is 6.30. The molecule has 1 aromatic heterocycles. The van der Waals surface area contributed by atoms with Crippen molar-refractivity contribution in [3.8, 4) is 0 Å². The number of unbranched alkanes of at least 4 members (excludes halogenated alkanes) is 3. The van der Waals surface area contributed by atoms with E-state index in [1.54, 1.807) is 0 Å². The van der Waals surface area contributed by atoms with E-state index in [0.717, 1.165) is 93.8 Å². The molecule has 0 unspecified atom stereocenters. The van der Waals surface area contributed by atoms with Crippen LogP contribution in [-0.2, 0) is 29.6 Å². The molecule has 0 spiro atoms. The number of carbonyl (C=O) groups excluding carboxylic acids is 2. The molecule has 1 aromatic carbocycles. The molecule has 3 heterocycles. The van der Waals surface area contributed by atoms with E-state index in [1.165, 1.54) is 32.2 Å². The highest BCUT2D eigenvalue weighted by Crippen LogP contribution is 2.37. The van der Waals surface area contributed by atoms with Crippen LogP contribution in [0.4, 0.5) is 5.69 Å². The predicted molar refractivity (Wildman–Crippen MR) is 170 cm³/mol. The van der Waals surface area contributed by atoms with Crippen LogP contribution in [0.15, 0.2) is 24.4 Å². The average Bonchev–Trinajstić information content (AvgIpc) is 3.25. The molecule has 0 radical (unpaired) electrons. The van der Waals surface area contributed by atoms with Gasteiger partial charge in [0.15, 0.2) is 0 Å². The van der Waals surface area contributed by atoms with Crippen LogP contribution < -0.4 is 4.90 Å². The Morgan fingerprint density at radius 1 is 0.929 bits per heavy atom. The average molecular weight is 596 g/mol. The van der Waals surface area contributed by atoms with Crippen LogP contribution in [0.3, 0.4) is 0 Å². The molecule has 42 heavy (non-hydrogen) atoms. The first-order chi connectivity index (χ1) is 20.4. The molecule has 8 heteroatoms. The van der Waals surface area contributed by atoms with Crippen molar-refractivity contribution in [2.75, 3.05) is 44.2 Å². The largest absolute Gasteiger partial charge is 0.307 e. The Morgan fingerprint density at radius 2 is 1.67 bits per heavy atom. The van der Waals surface area contributed by atoms with Crippen molar-refractivity contribution in [3.63, 3.8) is 0 Å². The molecule has 2 aromatic rings. The lowest BCUT2D eigenvalue weighted by Crippen LogP contribution is -2.47. The molecule has 1 aliphatic carbocycles. The van der Waals surface area contributed by atoms with Crippen LogP contribution >= 0.6 is 11.6 Å². The first kappa shape index (κ1) is 31.2. The number of hydrogen-bond acceptors (Lipinski definition) is 5. The van der Waals surface area contributed by atoms with Crippen LogP contribution in [0.5, 0.6) is 0 Å². The highest BCUT2D eigenvalue weighted by atomic mass is 35.5. The summed E-state index contributed by atoms with van der Waals surface area (Å²) in [6.07, 6.45) is 14.1. The quantitative estimate of drug-likeness (QED) is 0.271. The number of piperazine rings is 1. The number of amides is 1. The number of fused-ring (bicyclic) bond motifs is 2. The van der Waals surface area contributed by atoms with E-state index in [1.807, 2.05) is 41.0 Å². The summed E-state index contributed by atoms with van der Waals surface area (Å²) in [5, 5.41) is 5.15. The number of aryl methyl sites for hydroxylation is 1. The summed E-state index contributed by atoms with van der Waals surface area (Å²) in [6.45, 7) is 9.42.